The van der Waals surface area contributed by atoms with Crippen LogP contribution in [0.15, 0.2) is 30.3 Å². The molecule has 2 nitrogen and oxygen atoms in total. The van der Waals surface area contributed by atoms with Gasteiger partial charge in [-0.15, -0.1) is 17.0 Å². The molecule has 0 aliphatic heterocycles. The maximum atomic E-state index is 12.0. The summed E-state index contributed by atoms with van der Waals surface area (Å²) in [5, 5.41) is 0. The largest absolute Gasteiger partial charge is 0.303 e. The number of nitrogens with zero attached hydrogens (tertiary/aromatic N) is 1. The van der Waals surface area contributed by atoms with Crippen molar-refractivity contribution < 1.29 is 4.79 Å². The lowest BCUT2D eigenvalue weighted by atomic mass is 10.0. The average Bonchev–Trinajstić information content (AvgIpc) is 2.43. The molecule has 0 fully saturated rings. The van der Waals surface area contributed by atoms with Crippen LogP contribution in [0.1, 0.15) is 31.9 Å². The molecule has 0 saturated heterocycles. The second kappa shape index (κ2) is 9.89. The summed E-state index contributed by atoms with van der Waals surface area (Å²) in [7, 11) is 0. The van der Waals surface area contributed by atoms with E-state index in [1.165, 1.54) is 5.56 Å². The summed E-state index contributed by atoms with van der Waals surface area (Å²) in [4.78, 5) is 14.3. The second-order valence-corrected chi connectivity index (χ2v) is 5.03. The van der Waals surface area contributed by atoms with Gasteiger partial charge in [0.2, 0.25) is 0 Å². The maximum absolute atomic E-state index is 12.0. The molecule has 1 unspecified atom stereocenters. The highest BCUT2D eigenvalue weighted by Gasteiger charge is 2.12. The van der Waals surface area contributed by atoms with E-state index in [2.05, 4.69) is 37.8 Å². The summed E-state index contributed by atoms with van der Waals surface area (Å²) in [6.45, 7) is 11.1. The number of ketones is 1. The molecule has 0 aromatic heterocycles. The quantitative estimate of drug-likeness (QED) is 0.696. The number of hydrogen-bond donors (Lipinski definition) is 0. The highest BCUT2D eigenvalue weighted by atomic mass is 79.9. The molecular formula is C17H26BrNO. The molecule has 1 aromatic carbocycles. The zero-order valence-electron chi connectivity index (χ0n) is 12.9. The number of hydrogen-bond acceptors (Lipinski definition) is 2. The SMILES string of the molecule is Br.CCN(CC)CC(C)C(=O)/C=C/c1ccc(C)cc1. The summed E-state index contributed by atoms with van der Waals surface area (Å²) in [5.74, 6) is 0.258. The van der Waals surface area contributed by atoms with Gasteiger partial charge in [-0.05, 0) is 31.7 Å². The van der Waals surface area contributed by atoms with Crippen molar-refractivity contribution in [2.24, 2.45) is 5.92 Å². The van der Waals surface area contributed by atoms with Crippen LogP contribution in [-0.2, 0) is 4.79 Å². The van der Waals surface area contributed by atoms with Crippen LogP contribution in [0.5, 0.6) is 0 Å². The molecule has 0 radical (unpaired) electrons. The molecule has 20 heavy (non-hydrogen) atoms. The first-order valence-corrected chi connectivity index (χ1v) is 7.07. The molecule has 1 rings (SSSR count). The first-order chi connectivity index (χ1) is 9.06. The fourth-order valence-electron chi connectivity index (χ4n) is 1.98. The summed E-state index contributed by atoms with van der Waals surface area (Å²) >= 11 is 0. The van der Waals surface area contributed by atoms with E-state index >= 15 is 0 Å². The van der Waals surface area contributed by atoms with Crippen LogP contribution in [0, 0.1) is 12.8 Å². The standard InChI is InChI=1S/C17H25NO.BrH/c1-5-18(6-2)13-15(4)17(19)12-11-16-9-7-14(3)8-10-16;/h7-12,15H,5-6,13H2,1-4H3;1H/b12-11+;. The molecule has 0 amide bonds. The van der Waals surface area contributed by atoms with Gasteiger partial charge in [0.25, 0.3) is 0 Å². The Morgan fingerprint density at radius 3 is 2.25 bits per heavy atom. The number of rotatable bonds is 7. The molecule has 112 valence electrons. The first-order valence-electron chi connectivity index (χ1n) is 7.07. The topological polar surface area (TPSA) is 20.3 Å². The Morgan fingerprint density at radius 1 is 1.20 bits per heavy atom. The minimum atomic E-state index is 0. The molecule has 0 N–H and O–H groups in total. The zero-order chi connectivity index (χ0) is 14.3. The zero-order valence-corrected chi connectivity index (χ0v) is 14.6. The minimum absolute atomic E-state index is 0. The highest BCUT2D eigenvalue weighted by molar-refractivity contribution is 8.93. The Hall–Kier alpha value is -0.930. The molecule has 0 spiro atoms. The van der Waals surface area contributed by atoms with Crippen LogP contribution in [-0.4, -0.2) is 30.3 Å². The van der Waals surface area contributed by atoms with Gasteiger partial charge in [-0.2, -0.15) is 0 Å². The van der Waals surface area contributed by atoms with E-state index in [1.54, 1.807) is 6.08 Å². The molecule has 0 bridgehead atoms. The predicted molar refractivity (Wildman–Crippen MR) is 92.5 cm³/mol. The van der Waals surface area contributed by atoms with Crippen molar-refractivity contribution >= 4 is 28.8 Å². The van der Waals surface area contributed by atoms with Gasteiger partial charge in [-0.1, -0.05) is 56.7 Å². The van der Waals surface area contributed by atoms with Crippen LogP contribution < -0.4 is 0 Å². The van der Waals surface area contributed by atoms with Crippen LogP contribution in [0.25, 0.3) is 6.08 Å². The van der Waals surface area contributed by atoms with E-state index in [0.717, 1.165) is 25.2 Å². The molecule has 0 aliphatic carbocycles. The van der Waals surface area contributed by atoms with Crippen LogP contribution in [0.4, 0.5) is 0 Å². The van der Waals surface area contributed by atoms with E-state index < -0.39 is 0 Å². The summed E-state index contributed by atoms with van der Waals surface area (Å²) in [5.41, 5.74) is 2.31. The van der Waals surface area contributed by atoms with Crippen molar-refractivity contribution in [1.29, 1.82) is 0 Å². The van der Waals surface area contributed by atoms with E-state index in [-0.39, 0.29) is 28.7 Å². The Bertz CT molecular complexity index is 421. The van der Waals surface area contributed by atoms with Crippen LogP contribution in [0.2, 0.25) is 0 Å². The second-order valence-electron chi connectivity index (χ2n) is 5.03. The van der Waals surface area contributed by atoms with E-state index in [9.17, 15) is 4.79 Å². The third-order valence-corrected chi connectivity index (χ3v) is 3.43. The van der Waals surface area contributed by atoms with Crippen LogP contribution in [0.3, 0.4) is 0 Å². The van der Waals surface area contributed by atoms with Gasteiger partial charge >= 0.3 is 0 Å². The summed E-state index contributed by atoms with van der Waals surface area (Å²) in [6.07, 6.45) is 3.61. The molecule has 0 heterocycles. The van der Waals surface area contributed by atoms with Crippen molar-refractivity contribution in [3.8, 4) is 0 Å². The van der Waals surface area contributed by atoms with Gasteiger partial charge in [-0.25, -0.2) is 0 Å². The van der Waals surface area contributed by atoms with Gasteiger partial charge in [0.05, 0.1) is 0 Å². The molecule has 3 heteroatoms. The van der Waals surface area contributed by atoms with Crippen molar-refractivity contribution in [3.05, 3.63) is 41.5 Å². The highest BCUT2D eigenvalue weighted by Crippen LogP contribution is 2.07. The maximum Gasteiger partial charge on any atom is 0.159 e. The molecular weight excluding hydrogens is 314 g/mol. The molecule has 1 atom stereocenters. The number of benzene rings is 1. The third kappa shape index (κ3) is 6.49. The van der Waals surface area contributed by atoms with Crippen molar-refractivity contribution in [2.45, 2.75) is 27.7 Å². The Morgan fingerprint density at radius 2 is 1.75 bits per heavy atom. The molecule has 0 saturated carbocycles. The fraction of sp³-hybridized carbons (Fsp3) is 0.471. The monoisotopic (exact) mass is 339 g/mol. The Labute approximate surface area is 133 Å². The van der Waals surface area contributed by atoms with Gasteiger partial charge in [0.1, 0.15) is 0 Å². The van der Waals surface area contributed by atoms with Gasteiger partial charge in [-0.3, -0.25) is 4.79 Å². The molecule has 0 aliphatic rings. The Balaban J connectivity index is 0.00000361. The number of allylic oxidation sites excluding steroid dienone is 1. The van der Waals surface area contributed by atoms with Crippen molar-refractivity contribution in [2.75, 3.05) is 19.6 Å². The number of aryl methyl sites for hydroxylation is 1. The smallest absolute Gasteiger partial charge is 0.159 e. The number of carbonyl (C=O) groups is 1. The summed E-state index contributed by atoms with van der Waals surface area (Å²) < 4.78 is 0. The summed E-state index contributed by atoms with van der Waals surface area (Å²) in [6, 6.07) is 8.19. The fourth-order valence-corrected chi connectivity index (χ4v) is 1.98. The van der Waals surface area contributed by atoms with Gasteiger partial charge in [0, 0.05) is 12.5 Å². The van der Waals surface area contributed by atoms with Crippen LogP contribution >= 0.6 is 17.0 Å². The predicted octanol–water partition coefficient (Wildman–Crippen LogP) is 4.13. The first kappa shape index (κ1) is 19.1. The normalized spacial score (nSPS) is 12.4. The van der Waals surface area contributed by atoms with E-state index in [0.29, 0.717) is 0 Å². The lowest BCUT2D eigenvalue weighted by Crippen LogP contribution is -2.31. The lowest BCUT2D eigenvalue weighted by molar-refractivity contribution is -0.118. The van der Waals surface area contributed by atoms with Crippen molar-refractivity contribution in [3.63, 3.8) is 0 Å². The number of carbonyl (C=O) groups excluding carboxylic acids is 1. The van der Waals surface area contributed by atoms with Gasteiger partial charge < -0.3 is 4.90 Å². The van der Waals surface area contributed by atoms with Crippen molar-refractivity contribution in [1.82, 2.24) is 4.90 Å². The average molecular weight is 340 g/mol. The third-order valence-electron chi connectivity index (χ3n) is 3.43. The lowest BCUT2D eigenvalue weighted by Gasteiger charge is -2.20. The minimum Gasteiger partial charge on any atom is -0.303 e. The van der Waals surface area contributed by atoms with Gasteiger partial charge in [0.15, 0.2) is 5.78 Å². The van der Waals surface area contributed by atoms with E-state index in [4.69, 9.17) is 0 Å². The van der Waals surface area contributed by atoms with E-state index in [1.807, 2.05) is 25.1 Å². The Kier molecular flexibility index (Phi) is 9.43. The molecule has 1 aromatic rings. The number of halogens is 1.